The van der Waals surface area contributed by atoms with Gasteiger partial charge in [0.2, 0.25) is 0 Å². The van der Waals surface area contributed by atoms with E-state index < -0.39 is 0 Å². The Hall–Kier alpha value is -3.46. The number of rotatable bonds is 3. The Labute approximate surface area is 186 Å². The lowest BCUT2D eigenvalue weighted by Gasteiger charge is -2.34. The highest BCUT2D eigenvalue weighted by molar-refractivity contribution is 5.97. The van der Waals surface area contributed by atoms with E-state index in [1.165, 1.54) is 10.3 Å². The van der Waals surface area contributed by atoms with Gasteiger partial charge in [-0.1, -0.05) is 17.3 Å². The molecule has 2 aliphatic heterocycles. The lowest BCUT2D eigenvalue weighted by Crippen LogP contribution is -2.44. The van der Waals surface area contributed by atoms with Crippen molar-refractivity contribution in [3.63, 3.8) is 0 Å². The summed E-state index contributed by atoms with van der Waals surface area (Å²) in [6.07, 6.45) is 2.18. The highest BCUT2D eigenvalue weighted by Crippen LogP contribution is 2.30. The van der Waals surface area contributed by atoms with Gasteiger partial charge in [0, 0.05) is 57.4 Å². The van der Waals surface area contributed by atoms with Crippen LogP contribution < -0.4 is 15.4 Å². The Morgan fingerprint density at radius 1 is 1.00 bits per heavy atom. The van der Waals surface area contributed by atoms with E-state index in [2.05, 4.69) is 51.3 Å². The number of aryl methyl sites for hydroxylation is 1. The van der Waals surface area contributed by atoms with E-state index in [0.29, 0.717) is 41.9 Å². The lowest BCUT2D eigenvalue weighted by atomic mass is 10.1. The van der Waals surface area contributed by atoms with Crippen LogP contribution in [-0.4, -0.2) is 76.7 Å². The molecule has 0 amide bonds. The van der Waals surface area contributed by atoms with Gasteiger partial charge in [0.1, 0.15) is 11.2 Å². The third kappa shape index (κ3) is 3.69. The highest BCUT2D eigenvalue weighted by Gasteiger charge is 2.24. The molecule has 2 fully saturated rings. The van der Waals surface area contributed by atoms with Crippen molar-refractivity contribution in [2.75, 3.05) is 56.1 Å². The van der Waals surface area contributed by atoms with Crippen molar-refractivity contribution in [2.45, 2.75) is 6.42 Å². The zero-order valence-electron chi connectivity index (χ0n) is 18.4. The van der Waals surface area contributed by atoms with Crippen molar-refractivity contribution >= 4 is 28.1 Å². The van der Waals surface area contributed by atoms with Gasteiger partial charge in [-0.2, -0.15) is 0 Å². The van der Waals surface area contributed by atoms with Crippen LogP contribution in [0.25, 0.3) is 22.2 Å². The molecule has 1 aromatic carbocycles. The fraction of sp³-hybridized carbons (Fsp3) is 0.391. The summed E-state index contributed by atoms with van der Waals surface area (Å²) in [6, 6.07) is 10.3. The molecule has 0 saturated carbocycles. The van der Waals surface area contributed by atoms with Gasteiger partial charge in [0.25, 0.3) is 5.56 Å². The van der Waals surface area contributed by atoms with Crippen molar-refractivity contribution in [3.8, 4) is 11.3 Å². The molecule has 2 aromatic heterocycles. The maximum atomic E-state index is 12.9. The average molecular weight is 434 g/mol. The Kier molecular flexibility index (Phi) is 5.26. The van der Waals surface area contributed by atoms with E-state index in [1.54, 1.807) is 13.4 Å². The molecular weight excluding hydrogens is 406 g/mol. The van der Waals surface area contributed by atoms with Crippen LogP contribution in [0.1, 0.15) is 6.42 Å². The van der Waals surface area contributed by atoms with Crippen LogP contribution in [-0.2, 0) is 7.05 Å². The standard InChI is InChI=1S/C23H27N7O2/c1-27-9-11-29(12-10-27)18-5-3-16(4-6-18)19-13-20-21(23(31)28(2)15-24-20)22(25-19)30-8-7-17(14-30)26-32/h3-6,13,15,32H,7-12,14H2,1-2H3/b26-17-. The summed E-state index contributed by atoms with van der Waals surface area (Å²) in [5.74, 6) is 0.591. The number of anilines is 2. The van der Waals surface area contributed by atoms with E-state index in [1.807, 2.05) is 11.0 Å². The molecule has 166 valence electrons. The van der Waals surface area contributed by atoms with Crippen LogP contribution >= 0.6 is 0 Å². The molecular formula is C23H27N7O2. The Balaban J connectivity index is 1.55. The minimum Gasteiger partial charge on any atom is -0.411 e. The molecule has 2 aliphatic rings. The minimum absolute atomic E-state index is 0.135. The summed E-state index contributed by atoms with van der Waals surface area (Å²) in [5.41, 5.74) is 4.12. The molecule has 0 unspecified atom stereocenters. The fourth-order valence-corrected chi connectivity index (χ4v) is 4.39. The first kappa shape index (κ1) is 20.4. The number of oxime groups is 1. The predicted molar refractivity (Wildman–Crippen MR) is 126 cm³/mol. The molecule has 0 aliphatic carbocycles. The Morgan fingerprint density at radius 2 is 1.75 bits per heavy atom. The molecule has 2 saturated heterocycles. The van der Waals surface area contributed by atoms with Crippen molar-refractivity contribution < 1.29 is 5.21 Å². The zero-order chi connectivity index (χ0) is 22.2. The first-order valence-electron chi connectivity index (χ1n) is 10.9. The maximum Gasteiger partial charge on any atom is 0.264 e. The second-order valence-electron chi connectivity index (χ2n) is 8.56. The molecule has 4 heterocycles. The third-order valence-corrected chi connectivity index (χ3v) is 6.40. The van der Waals surface area contributed by atoms with Crippen LogP contribution in [0.3, 0.4) is 0 Å². The number of aromatic nitrogens is 3. The smallest absolute Gasteiger partial charge is 0.264 e. The summed E-state index contributed by atoms with van der Waals surface area (Å²) in [5, 5.41) is 13.0. The number of hydrogen-bond acceptors (Lipinski definition) is 8. The topological polar surface area (TPSA) is 90.1 Å². The van der Waals surface area contributed by atoms with Crippen LogP contribution in [0.15, 0.2) is 46.6 Å². The number of fused-ring (bicyclic) bond motifs is 1. The van der Waals surface area contributed by atoms with Crippen LogP contribution in [0.5, 0.6) is 0 Å². The zero-order valence-corrected chi connectivity index (χ0v) is 18.4. The lowest BCUT2D eigenvalue weighted by molar-refractivity contribution is 0.313. The van der Waals surface area contributed by atoms with Crippen LogP contribution in [0, 0.1) is 0 Å². The molecule has 5 rings (SSSR count). The summed E-state index contributed by atoms with van der Waals surface area (Å²) in [6.45, 7) is 5.25. The molecule has 9 heteroatoms. The first-order valence-corrected chi connectivity index (χ1v) is 10.9. The van der Waals surface area contributed by atoms with Crippen molar-refractivity contribution in [3.05, 3.63) is 47.0 Å². The SMILES string of the molecule is CN1CCN(c2ccc(-c3cc4ncn(C)c(=O)c4c(N4CC/C(=N/O)C4)n3)cc2)CC1. The van der Waals surface area contributed by atoms with E-state index in [9.17, 15) is 10.0 Å². The second kappa shape index (κ2) is 8.23. The van der Waals surface area contributed by atoms with Gasteiger partial charge in [-0.3, -0.25) is 4.79 Å². The Bertz CT molecular complexity index is 1230. The summed E-state index contributed by atoms with van der Waals surface area (Å²) >= 11 is 0. The van der Waals surface area contributed by atoms with Gasteiger partial charge < -0.3 is 24.5 Å². The van der Waals surface area contributed by atoms with E-state index in [4.69, 9.17) is 4.98 Å². The number of piperazine rings is 1. The molecule has 3 aromatic rings. The summed E-state index contributed by atoms with van der Waals surface area (Å²) in [4.78, 5) is 29.0. The van der Waals surface area contributed by atoms with Crippen LogP contribution in [0.2, 0.25) is 0 Å². The minimum atomic E-state index is -0.135. The monoisotopic (exact) mass is 433 g/mol. The number of nitrogens with zero attached hydrogens (tertiary/aromatic N) is 7. The van der Waals surface area contributed by atoms with E-state index >= 15 is 0 Å². The second-order valence-corrected chi connectivity index (χ2v) is 8.56. The molecule has 0 spiro atoms. The summed E-state index contributed by atoms with van der Waals surface area (Å²) < 4.78 is 1.47. The summed E-state index contributed by atoms with van der Waals surface area (Å²) in [7, 11) is 3.84. The average Bonchev–Trinajstić information content (AvgIpc) is 3.31. The third-order valence-electron chi connectivity index (χ3n) is 6.40. The first-order chi connectivity index (χ1) is 15.5. The number of benzene rings is 1. The van der Waals surface area contributed by atoms with Crippen molar-refractivity contribution in [1.29, 1.82) is 0 Å². The predicted octanol–water partition coefficient (Wildman–Crippen LogP) is 1.79. The van der Waals surface area contributed by atoms with Gasteiger partial charge in [-0.25, -0.2) is 9.97 Å². The molecule has 32 heavy (non-hydrogen) atoms. The fourth-order valence-electron chi connectivity index (χ4n) is 4.39. The molecule has 0 atom stereocenters. The quantitative estimate of drug-likeness (QED) is 0.497. The number of pyridine rings is 1. The maximum absolute atomic E-state index is 12.9. The normalized spacial score (nSPS) is 18.8. The van der Waals surface area contributed by atoms with Crippen molar-refractivity contribution in [2.24, 2.45) is 12.2 Å². The number of hydrogen-bond donors (Lipinski definition) is 1. The molecule has 9 nitrogen and oxygen atoms in total. The number of likely N-dealkylation sites (N-methyl/N-ethyl adjacent to an activating group) is 1. The van der Waals surface area contributed by atoms with Gasteiger partial charge in [0.05, 0.1) is 29.8 Å². The Morgan fingerprint density at radius 3 is 2.44 bits per heavy atom. The van der Waals surface area contributed by atoms with Gasteiger partial charge in [-0.05, 0) is 25.2 Å². The molecule has 0 radical (unpaired) electrons. The molecule has 1 N–H and O–H groups in total. The largest absolute Gasteiger partial charge is 0.411 e. The van der Waals surface area contributed by atoms with Crippen molar-refractivity contribution in [1.82, 2.24) is 19.4 Å². The van der Waals surface area contributed by atoms with Gasteiger partial charge in [-0.15, -0.1) is 0 Å². The van der Waals surface area contributed by atoms with E-state index in [0.717, 1.165) is 37.4 Å². The van der Waals surface area contributed by atoms with Crippen LogP contribution in [0.4, 0.5) is 11.5 Å². The molecule has 0 bridgehead atoms. The highest BCUT2D eigenvalue weighted by atomic mass is 16.4. The van der Waals surface area contributed by atoms with Gasteiger partial charge in [0.15, 0.2) is 0 Å². The van der Waals surface area contributed by atoms with Gasteiger partial charge >= 0.3 is 0 Å². The van der Waals surface area contributed by atoms with E-state index in [-0.39, 0.29) is 5.56 Å².